The number of nitrogens with one attached hydrogen (secondary N) is 1. The third-order valence-corrected chi connectivity index (χ3v) is 4.00. The predicted octanol–water partition coefficient (Wildman–Crippen LogP) is 2.91. The van der Waals surface area contributed by atoms with Crippen molar-refractivity contribution in [3.8, 4) is 17.1 Å². The number of fused-ring (bicyclic) bond motifs is 1. The molecule has 1 saturated heterocycles. The molecular weight excluding hydrogens is 290 g/mol. The Morgan fingerprint density at radius 2 is 2.19 bits per heavy atom. The molecule has 6 heteroatoms. The molecule has 0 unspecified atom stereocenters. The van der Waals surface area contributed by atoms with Crippen LogP contribution in [0.3, 0.4) is 0 Å². The van der Waals surface area contributed by atoms with E-state index in [2.05, 4.69) is 21.5 Å². The summed E-state index contributed by atoms with van der Waals surface area (Å²) in [7, 11) is 0. The van der Waals surface area contributed by atoms with Crippen molar-refractivity contribution in [3.05, 3.63) is 29.7 Å². The highest BCUT2D eigenvalue weighted by Gasteiger charge is 2.22. The third-order valence-electron chi connectivity index (χ3n) is 4.00. The lowest BCUT2D eigenvalue weighted by atomic mass is 10.1. The maximum absolute atomic E-state index is 5.52. The smallest absolute Gasteiger partial charge is 0.244 e. The predicted molar refractivity (Wildman–Crippen MR) is 80.8 cm³/mol. The van der Waals surface area contributed by atoms with Crippen LogP contribution in [0.2, 0.25) is 0 Å². The standard InChI is InChI=1S/C15H17N3O2.ClH/c1-2-7-16-12(3-1)15-17-14(18-20-15)11-4-5-13-10(9-11)6-8-19-13;/h4-5,9,12,16H,1-3,6-8H2;1H/t12-;/m0./s1. The van der Waals surface area contributed by atoms with Crippen LogP contribution in [0.4, 0.5) is 0 Å². The Morgan fingerprint density at radius 3 is 3.05 bits per heavy atom. The number of halogens is 1. The molecule has 1 aromatic carbocycles. The number of hydrogen-bond donors (Lipinski definition) is 1. The minimum atomic E-state index is 0. The van der Waals surface area contributed by atoms with E-state index < -0.39 is 0 Å². The largest absolute Gasteiger partial charge is 0.493 e. The maximum Gasteiger partial charge on any atom is 0.244 e. The highest BCUT2D eigenvalue weighted by atomic mass is 35.5. The second-order valence-electron chi connectivity index (χ2n) is 5.38. The SMILES string of the molecule is Cl.c1cc2c(cc1-c1noc([C@@H]3CCCCN3)n1)CCO2. The molecule has 3 heterocycles. The minimum Gasteiger partial charge on any atom is -0.493 e. The van der Waals surface area contributed by atoms with Crippen LogP contribution in [-0.2, 0) is 6.42 Å². The van der Waals surface area contributed by atoms with E-state index in [1.807, 2.05) is 12.1 Å². The normalized spacial score (nSPS) is 20.5. The van der Waals surface area contributed by atoms with E-state index in [9.17, 15) is 0 Å². The van der Waals surface area contributed by atoms with Gasteiger partial charge >= 0.3 is 0 Å². The first-order valence-electron chi connectivity index (χ1n) is 7.23. The molecule has 2 aliphatic heterocycles. The topological polar surface area (TPSA) is 60.2 Å². The van der Waals surface area contributed by atoms with Gasteiger partial charge in [-0.15, -0.1) is 12.4 Å². The molecule has 5 nitrogen and oxygen atoms in total. The number of rotatable bonds is 2. The summed E-state index contributed by atoms with van der Waals surface area (Å²) in [5.41, 5.74) is 2.23. The van der Waals surface area contributed by atoms with Gasteiger partial charge in [0.2, 0.25) is 11.7 Å². The first-order valence-corrected chi connectivity index (χ1v) is 7.23. The molecule has 0 bridgehead atoms. The van der Waals surface area contributed by atoms with Crippen molar-refractivity contribution in [2.24, 2.45) is 0 Å². The quantitative estimate of drug-likeness (QED) is 0.924. The first-order chi connectivity index (χ1) is 9.90. The number of ether oxygens (including phenoxy) is 1. The summed E-state index contributed by atoms with van der Waals surface area (Å²) < 4.78 is 10.9. The fourth-order valence-corrected chi connectivity index (χ4v) is 2.88. The van der Waals surface area contributed by atoms with Crippen LogP contribution < -0.4 is 10.1 Å². The highest BCUT2D eigenvalue weighted by molar-refractivity contribution is 5.85. The Bertz CT molecular complexity index is 623. The van der Waals surface area contributed by atoms with Gasteiger partial charge in [-0.05, 0) is 43.1 Å². The molecule has 1 aromatic heterocycles. The van der Waals surface area contributed by atoms with Crippen molar-refractivity contribution in [2.45, 2.75) is 31.7 Å². The van der Waals surface area contributed by atoms with Gasteiger partial charge in [0, 0.05) is 12.0 Å². The maximum atomic E-state index is 5.52. The molecule has 2 aromatic rings. The van der Waals surface area contributed by atoms with Crippen molar-refractivity contribution in [1.82, 2.24) is 15.5 Å². The van der Waals surface area contributed by atoms with Crippen molar-refractivity contribution >= 4 is 12.4 Å². The molecular formula is C15H18ClN3O2. The summed E-state index contributed by atoms with van der Waals surface area (Å²) in [6, 6.07) is 6.30. The molecule has 0 amide bonds. The fourth-order valence-electron chi connectivity index (χ4n) is 2.88. The van der Waals surface area contributed by atoms with Gasteiger partial charge in [-0.3, -0.25) is 0 Å². The number of aromatic nitrogens is 2. The molecule has 0 radical (unpaired) electrons. The average molecular weight is 308 g/mol. The number of piperidine rings is 1. The molecule has 21 heavy (non-hydrogen) atoms. The highest BCUT2D eigenvalue weighted by Crippen LogP contribution is 2.30. The van der Waals surface area contributed by atoms with Gasteiger partial charge in [0.05, 0.1) is 12.6 Å². The summed E-state index contributed by atoms with van der Waals surface area (Å²) in [6.07, 6.45) is 4.46. The molecule has 112 valence electrons. The monoisotopic (exact) mass is 307 g/mol. The van der Waals surface area contributed by atoms with Crippen molar-refractivity contribution in [1.29, 1.82) is 0 Å². The molecule has 1 N–H and O–H groups in total. The first kappa shape index (κ1) is 14.4. The molecule has 0 spiro atoms. The lowest BCUT2D eigenvalue weighted by molar-refractivity contribution is 0.297. The van der Waals surface area contributed by atoms with E-state index in [4.69, 9.17) is 9.26 Å². The number of benzene rings is 1. The van der Waals surface area contributed by atoms with Crippen LogP contribution in [0.5, 0.6) is 5.75 Å². The van der Waals surface area contributed by atoms with Crippen LogP contribution in [0.25, 0.3) is 11.4 Å². The average Bonchev–Trinajstić information content (AvgIpc) is 3.16. The van der Waals surface area contributed by atoms with E-state index in [-0.39, 0.29) is 18.4 Å². The summed E-state index contributed by atoms with van der Waals surface area (Å²) in [6.45, 7) is 1.79. The second kappa shape index (κ2) is 6.03. The van der Waals surface area contributed by atoms with Gasteiger partial charge in [0.25, 0.3) is 0 Å². The Labute approximate surface area is 129 Å². The molecule has 1 atom stereocenters. The summed E-state index contributed by atoms with van der Waals surface area (Å²) in [5, 5.41) is 7.55. The van der Waals surface area contributed by atoms with Crippen molar-refractivity contribution in [3.63, 3.8) is 0 Å². The van der Waals surface area contributed by atoms with Crippen LogP contribution in [0.15, 0.2) is 22.7 Å². The van der Waals surface area contributed by atoms with Crippen LogP contribution >= 0.6 is 12.4 Å². The van der Waals surface area contributed by atoms with Crippen LogP contribution in [0.1, 0.15) is 36.8 Å². The molecule has 1 fully saturated rings. The fraction of sp³-hybridized carbons (Fsp3) is 0.467. The van der Waals surface area contributed by atoms with Crippen molar-refractivity contribution < 1.29 is 9.26 Å². The Hall–Kier alpha value is -1.59. The summed E-state index contributed by atoms with van der Waals surface area (Å²) >= 11 is 0. The van der Waals surface area contributed by atoms with Gasteiger partial charge in [0.1, 0.15) is 5.75 Å². The van der Waals surface area contributed by atoms with Gasteiger partial charge in [-0.1, -0.05) is 11.6 Å². The van der Waals surface area contributed by atoms with E-state index in [0.29, 0.717) is 11.7 Å². The third kappa shape index (κ3) is 2.76. The van der Waals surface area contributed by atoms with E-state index in [1.54, 1.807) is 0 Å². The lowest BCUT2D eigenvalue weighted by Crippen LogP contribution is -2.26. The Morgan fingerprint density at radius 1 is 1.24 bits per heavy atom. The van der Waals surface area contributed by atoms with Gasteiger partial charge in [-0.2, -0.15) is 4.98 Å². The summed E-state index contributed by atoms with van der Waals surface area (Å²) in [4.78, 5) is 4.55. The summed E-state index contributed by atoms with van der Waals surface area (Å²) in [5.74, 6) is 2.35. The van der Waals surface area contributed by atoms with Gasteiger partial charge < -0.3 is 14.6 Å². The van der Waals surface area contributed by atoms with Crippen molar-refractivity contribution in [2.75, 3.05) is 13.2 Å². The lowest BCUT2D eigenvalue weighted by Gasteiger charge is -2.19. The Kier molecular flexibility index (Phi) is 4.12. The molecule has 4 rings (SSSR count). The molecule has 2 aliphatic rings. The molecule has 0 saturated carbocycles. The molecule has 0 aliphatic carbocycles. The van der Waals surface area contributed by atoms with E-state index in [0.717, 1.165) is 37.3 Å². The zero-order valence-electron chi connectivity index (χ0n) is 11.7. The van der Waals surface area contributed by atoms with E-state index >= 15 is 0 Å². The van der Waals surface area contributed by atoms with Crippen LogP contribution in [-0.4, -0.2) is 23.3 Å². The van der Waals surface area contributed by atoms with Crippen LogP contribution in [0, 0.1) is 0 Å². The second-order valence-corrected chi connectivity index (χ2v) is 5.38. The van der Waals surface area contributed by atoms with E-state index in [1.165, 1.54) is 18.4 Å². The zero-order valence-corrected chi connectivity index (χ0v) is 12.5. The number of hydrogen-bond acceptors (Lipinski definition) is 5. The zero-order chi connectivity index (χ0) is 13.4. The Balaban J connectivity index is 0.00000132. The minimum absolute atomic E-state index is 0. The number of nitrogens with zero attached hydrogens (tertiary/aromatic N) is 2. The van der Waals surface area contributed by atoms with Gasteiger partial charge in [-0.25, -0.2) is 0 Å². The van der Waals surface area contributed by atoms with Gasteiger partial charge in [0.15, 0.2) is 0 Å².